The van der Waals surface area contributed by atoms with Crippen molar-refractivity contribution in [1.82, 2.24) is 9.80 Å². The van der Waals surface area contributed by atoms with Crippen molar-refractivity contribution < 1.29 is 14.7 Å². The molecule has 1 heterocycles. The normalized spacial score (nSPS) is 30.9. The molecule has 0 radical (unpaired) electrons. The third kappa shape index (κ3) is 3.14. The average molecular weight is 282 g/mol. The summed E-state index contributed by atoms with van der Waals surface area (Å²) in [6, 6.07) is 0.478. The number of likely N-dealkylation sites (tertiary alicyclic amines) is 1. The first-order valence-corrected chi connectivity index (χ1v) is 7.72. The van der Waals surface area contributed by atoms with E-state index in [1.165, 1.54) is 12.8 Å². The molecule has 1 amide bonds. The minimum atomic E-state index is -0.781. The fourth-order valence-corrected chi connectivity index (χ4v) is 3.47. The number of hydrogen-bond donors (Lipinski definition) is 1. The van der Waals surface area contributed by atoms with E-state index in [9.17, 15) is 14.7 Å². The second kappa shape index (κ2) is 6.12. The number of carbonyl (C=O) groups excluding carboxylic acids is 1. The molecule has 0 bridgehead atoms. The number of likely N-dealkylation sites (N-methyl/N-ethyl adjacent to an activating group) is 1. The third-order valence-electron chi connectivity index (χ3n) is 4.82. The van der Waals surface area contributed by atoms with Crippen molar-refractivity contribution >= 4 is 11.9 Å². The Kier molecular flexibility index (Phi) is 4.68. The molecule has 2 rings (SSSR count). The van der Waals surface area contributed by atoms with Crippen LogP contribution < -0.4 is 0 Å². The van der Waals surface area contributed by atoms with Gasteiger partial charge in [-0.25, -0.2) is 0 Å². The number of nitrogens with zero attached hydrogens (tertiary/aromatic N) is 2. The Morgan fingerprint density at radius 2 is 2.05 bits per heavy atom. The lowest BCUT2D eigenvalue weighted by Gasteiger charge is -2.41. The summed E-state index contributed by atoms with van der Waals surface area (Å²) in [4.78, 5) is 27.8. The van der Waals surface area contributed by atoms with Crippen LogP contribution in [0.2, 0.25) is 0 Å². The van der Waals surface area contributed by atoms with Crippen LogP contribution in [0.5, 0.6) is 0 Å². The van der Waals surface area contributed by atoms with Gasteiger partial charge in [-0.15, -0.1) is 0 Å². The molecule has 20 heavy (non-hydrogen) atoms. The molecule has 0 aromatic heterocycles. The van der Waals surface area contributed by atoms with E-state index in [0.717, 1.165) is 13.1 Å². The van der Waals surface area contributed by atoms with E-state index < -0.39 is 11.9 Å². The Morgan fingerprint density at radius 3 is 2.55 bits per heavy atom. The lowest BCUT2D eigenvalue weighted by molar-refractivity contribution is -0.154. The van der Waals surface area contributed by atoms with Crippen LogP contribution in [0.1, 0.15) is 40.0 Å². The Bertz CT molecular complexity index is 381. The summed E-state index contributed by atoms with van der Waals surface area (Å²) >= 11 is 0. The van der Waals surface area contributed by atoms with Crippen molar-refractivity contribution in [3.8, 4) is 0 Å². The van der Waals surface area contributed by atoms with Crippen molar-refractivity contribution in [2.45, 2.75) is 52.1 Å². The minimum absolute atomic E-state index is 0.0723. The third-order valence-corrected chi connectivity index (χ3v) is 4.82. The van der Waals surface area contributed by atoms with Crippen LogP contribution >= 0.6 is 0 Å². The highest BCUT2D eigenvalue weighted by Gasteiger charge is 2.41. The first-order valence-electron chi connectivity index (χ1n) is 7.72. The number of piperidine rings is 1. The summed E-state index contributed by atoms with van der Waals surface area (Å²) in [7, 11) is 0. The van der Waals surface area contributed by atoms with Crippen LogP contribution in [0.3, 0.4) is 0 Å². The number of rotatable bonds is 6. The maximum atomic E-state index is 12.2. The molecule has 3 unspecified atom stereocenters. The molecule has 1 saturated carbocycles. The summed E-state index contributed by atoms with van der Waals surface area (Å²) in [6.07, 6.45) is 2.87. The molecule has 5 heteroatoms. The maximum absolute atomic E-state index is 12.2. The van der Waals surface area contributed by atoms with Gasteiger partial charge in [0.2, 0.25) is 5.91 Å². The molecule has 0 aromatic carbocycles. The van der Waals surface area contributed by atoms with Crippen molar-refractivity contribution in [1.29, 1.82) is 0 Å². The van der Waals surface area contributed by atoms with Gasteiger partial charge in [0.15, 0.2) is 0 Å². The quantitative estimate of drug-likeness (QED) is 0.800. The monoisotopic (exact) mass is 282 g/mol. The molecule has 2 aliphatic rings. The van der Waals surface area contributed by atoms with Gasteiger partial charge in [0.1, 0.15) is 0 Å². The van der Waals surface area contributed by atoms with E-state index in [4.69, 9.17) is 0 Å². The number of aliphatic carboxylic acids is 1. The Balaban J connectivity index is 1.97. The Morgan fingerprint density at radius 1 is 1.40 bits per heavy atom. The molecule has 114 valence electrons. The molecule has 1 saturated heterocycles. The number of amides is 1. The number of carboxylic acid groups (broad SMARTS) is 1. The van der Waals surface area contributed by atoms with Crippen molar-refractivity contribution in [3.05, 3.63) is 0 Å². The van der Waals surface area contributed by atoms with Crippen LogP contribution in [0.15, 0.2) is 0 Å². The second-order valence-electron chi connectivity index (χ2n) is 6.23. The van der Waals surface area contributed by atoms with Gasteiger partial charge in [0.25, 0.3) is 0 Å². The van der Waals surface area contributed by atoms with Gasteiger partial charge in [0, 0.05) is 31.6 Å². The van der Waals surface area contributed by atoms with E-state index in [1.54, 1.807) is 4.90 Å². The van der Waals surface area contributed by atoms with Gasteiger partial charge >= 0.3 is 5.97 Å². The Hall–Kier alpha value is -1.10. The molecule has 5 nitrogen and oxygen atoms in total. The summed E-state index contributed by atoms with van der Waals surface area (Å²) in [6.45, 7) is 8.40. The van der Waals surface area contributed by atoms with E-state index in [1.807, 2.05) is 13.8 Å². The lowest BCUT2D eigenvalue weighted by atomic mass is 9.81. The van der Waals surface area contributed by atoms with E-state index in [-0.39, 0.29) is 17.9 Å². The van der Waals surface area contributed by atoms with E-state index in [2.05, 4.69) is 11.8 Å². The molecular formula is C15H26N2O3. The zero-order valence-corrected chi connectivity index (χ0v) is 12.7. The number of carbonyl (C=O) groups is 2. The van der Waals surface area contributed by atoms with Crippen LogP contribution in [-0.2, 0) is 9.59 Å². The zero-order valence-electron chi connectivity index (χ0n) is 12.7. The fourth-order valence-electron chi connectivity index (χ4n) is 3.47. The van der Waals surface area contributed by atoms with Gasteiger partial charge in [-0.1, -0.05) is 13.8 Å². The van der Waals surface area contributed by atoms with Gasteiger partial charge in [-0.2, -0.15) is 0 Å². The number of carboxylic acids is 1. The summed E-state index contributed by atoms with van der Waals surface area (Å²) in [5, 5.41) is 9.36. The van der Waals surface area contributed by atoms with Crippen LogP contribution in [-0.4, -0.2) is 58.5 Å². The largest absolute Gasteiger partial charge is 0.481 e. The smallest absolute Gasteiger partial charge is 0.308 e. The maximum Gasteiger partial charge on any atom is 0.308 e. The standard InChI is InChI=1S/C15H26N2O3/c1-4-16(12-5-6-12)7-8-17-11(3)14(15(19)20)10(2)9-13(17)18/h10-12,14H,4-9H2,1-3H3,(H,19,20). The van der Waals surface area contributed by atoms with Crippen molar-refractivity contribution in [2.24, 2.45) is 11.8 Å². The predicted octanol–water partition coefficient (Wildman–Crippen LogP) is 1.43. The molecular weight excluding hydrogens is 256 g/mol. The van der Waals surface area contributed by atoms with Gasteiger partial charge < -0.3 is 10.0 Å². The summed E-state index contributed by atoms with van der Waals surface area (Å²) in [5.74, 6) is -1.19. The molecule has 0 spiro atoms. The predicted molar refractivity (Wildman–Crippen MR) is 76.4 cm³/mol. The van der Waals surface area contributed by atoms with Gasteiger partial charge in [0.05, 0.1) is 5.92 Å². The highest BCUT2D eigenvalue weighted by molar-refractivity contribution is 5.81. The summed E-state index contributed by atoms with van der Waals surface area (Å²) < 4.78 is 0. The first-order chi connectivity index (χ1) is 9.45. The first kappa shape index (κ1) is 15.3. The molecule has 3 atom stereocenters. The highest BCUT2D eigenvalue weighted by atomic mass is 16.4. The van der Waals surface area contributed by atoms with E-state index in [0.29, 0.717) is 19.0 Å². The minimum Gasteiger partial charge on any atom is -0.481 e. The van der Waals surface area contributed by atoms with Crippen LogP contribution in [0, 0.1) is 11.8 Å². The average Bonchev–Trinajstić information content (AvgIpc) is 3.16. The van der Waals surface area contributed by atoms with Gasteiger partial charge in [-0.3, -0.25) is 14.5 Å². The Labute approximate surface area is 120 Å². The SMILES string of the molecule is CCN(CCN1C(=O)CC(C)C(C(=O)O)C1C)C1CC1. The van der Waals surface area contributed by atoms with Crippen molar-refractivity contribution in [2.75, 3.05) is 19.6 Å². The van der Waals surface area contributed by atoms with Crippen molar-refractivity contribution in [3.63, 3.8) is 0 Å². The van der Waals surface area contributed by atoms with Gasteiger partial charge in [-0.05, 0) is 32.2 Å². The molecule has 2 fully saturated rings. The second-order valence-corrected chi connectivity index (χ2v) is 6.23. The van der Waals surface area contributed by atoms with E-state index >= 15 is 0 Å². The highest BCUT2D eigenvalue weighted by Crippen LogP contribution is 2.31. The van der Waals surface area contributed by atoms with Crippen LogP contribution in [0.4, 0.5) is 0 Å². The number of hydrogen-bond acceptors (Lipinski definition) is 3. The molecule has 1 N–H and O–H groups in total. The molecule has 1 aliphatic carbocycles. The summed E-state index contributed by atoms with van der Waals surface area (Å²) in [5.41, 5.74) is 0. The zero-order chi connectivity index (χ0) is 14.9. The topological polar surface area (TPSA) is 60.9 Å². The van der Waals surface area contributed by atoms with Crippen LogP contribution in [0.25, 0.3) is 0 Å². The fraction of sp³-hybridized carbons (Fsp3) is 0.867. The lowest BCUT2D eigenvalue weighted by Crippen LogP contribution is -2.54. The molecule has 0 aromatic rings. The molecule has 1 aliphatic heterocycles.